The maximum absolute atomic E-state index is 11.9. The molecule has 0 spiro atoms. The maximum atomic E-state index is 11.9. The molecule has 0 aliphatic heterocycles. The molecule has 94 valence electrons. The van der Waals surface area contributed by atoms with Crippen LogP contribution in [0.4, 0.5) is 0 Å². The molecule has 1 aliphatic carbocycles. The molecule has 0 aromatic heterocycles. The van der Waals surface area contributed by atoms with Crippen LogP contribution in [0.2, 0.25) is 0 Å². The minimum Gasteiger partial charge on any atom is -0.394 e. The van der Waals surface area contributed by atoms with Gasteiger partial charge in [0.05, 0.1) is 17.4 Å². The van der Waals surface area contributed by atoms with Crippen molar-refractivity contribution in [1.82, 2.24) is 0 Å². The number of hydrogen-bond donors (Lipinski definition) is 2. The third kappa shape index (κ3) is 1.88. The van der Waals surface area contributed by atoms with E-state index in [1.165, 1.54) is 0 Å². The van der Waals surface area contributed by atoms with Gasteiger partial charge in [-0.25, -0.2) is 8.42 Å². The van der Waals surface area contributed by atoms with Gasteiger partial charge in [0.1, 0.15) is 0 Å². The summed E-state index contributed by atoms with van der Waals surface area (Å²) >= 11 is 0. The highest BCUT2D eigenvalue weighted by Crippen LogP contribution is 2.53. The molecule has 1 aliphatic rings. The van der Waals surface area contributed by atoms with E-state index in [2.05, 4.69) is 0 Å². The highest BCUT2D eigenvalue weighted by Gasteiger charge is 2.68. The van der Waals surface area contributed by atoms with Gasteiger partial charge in [0.15, 0.2) is 9.84 Å². The van der Waals surface area contributed by atoms with E-state index in [1.807, 2.05) is 30.3 Å². The van der Waals surface area contributed by atoms with Gasteiger partial charge in [0.2, 0.25) is 0 Å². The second-order valence-corrected chi connectivity index (χ2v) is 6.94. The number of aliphatic hydroxyl groups is 1. The monoisotopic (exact) mass is 255 g/mol. The maximum Gasteiger partial charge on any atom is 0.155 e. The van der Waals surface area contributed by atoms with Crippen LogP contribution in [0.1, 0.15) is 18.4 Å². The predicted octanol–water partition coefficient (Wildman–Crippen LogP) is 0.277. The Morgan fingerprint density at radius 3 is 2.41 bits per heavy atom. The minimum atomic E-state index is -3.23. The number of hydrogen-bond acceptors (Lipinski definition) is 4. The van der Waals surface area contributed by atoms with Crippen molar-refractivity contribution in [2.75, 3.05) is 12.4 Å². The van der Waals surface area contributed by atoms with Crippen molar-refractivity contribution in [3.8, 4) is 0 Å². The standard InChI is InChI=1S/C12H17NO3S/c1-2-17(15,16)11-10(12(11,13)8-14)9-6-4-3-5-7-9/h3-7,10-11,14H,2,8,13H2,1H3/t10-,11+,12-/m0/s1. The molecule has 1 fully saturated rings. The molecule has 2 rings (SSSR count). The first kappa shape index (κ1) is 12.5. The molecule has 0 unspecified atom stereocenters. The predicted molar refractivity (Wildman–Crippen MR) is 66.4 cm³/mol. The Morgan fingerprint density at radius 2 is 1.94 bits per heavy atom. The van der Waals surface area contributed by atoms with Crippen molar-refractivity contribution in [1.29, 1.82) is 0 Å². The van der Waals surface area contributed by atoms with Crippen molar-refractivity contribution in [3.05, 3.63) is 35.9 Å². The highest BCUT2D eigenvalue weighted by molar-refractivity contribution is 7.92. The van der Waals surface area contributed by atoms with E-state index in [0.29, 0.717) is 0 Å². The van der Waals surface area contributed by atoms with Crippen molar-refractivity contribution >= 4 is 9.84 Å². The summed E-state index contributed by atoms with van der Waals surface area (Å²) in [5.74, 6) is -0.237. The molecule has 1 aromatic carbocycles. The molecule has 0 amide bonds. The average Bonchev–Trinajstić information content (AvgIpc) is 2.99. The minimum absolute atomic E-state index is 0.0555. The number of sulfone groups is 1. The Balaban J connectivity index is 2.37. The highest BCUT2D eigenvalue weighted by atomic mass is 32.2. The quantitative estimate of drug-likeness (QED) is 0.809. The summed E-state index contributed by atoms with van der Waals surface area (Å²) in [7, 11) is -3.23. The Labute approximate surface area is 101 Å². The van der Waals surface area contributed by atoms with Gasteiger partial charge in [-0.1, -0.05) is 37.3 Å². The van der Waals surface area contributed by atoms with Crippen LogP contribution in [0.3, 0.4) is 0 Å². The fraction of sp³-hybridized carbons (Fsp3) is 0.500. The first-order valence-electron chi connectivity index (χ1n) is 5.63. The lowest BCUT2D eigenvalue weighted by Crippen LogP contribution is -2.35. The van der Waals surface area contributed by atoms with E-state index in [9.17, 15) is 13.5 Å². The summed E-state index contributed by atoms with van der Waals surface area (Å²) in [5, 5.41) is 8.68. The molecule has 4 nitrogen and oxygen atoms in total. The molecule has 0 bridgehead atoms. The summed E-state index contributed by atoms with van der Waals surface area (Å²) in [4.78, 5) is 0. The van der Waals surface area contributed by atoms with Crippen LogP contribution in [0.5, 0.6) is 0 Å². The van der Waals surface area contributed by atoms with Gasteiger partial charge in [0, 0.05) is 11.7 Å². The summed E-state index contributed by atoms with van der Waals surface area (Å²) in [6, 6.07) is 9.27. The number of aliphatic hydroxyl groups excluding tert-OH is 1. The zero-order valence-corrected chi connectivity index (χ0v) is 10.5. The molecule has 5 heteroatoms. The first-order chi connectivity index (χ1) is 7.97. The van der Waals surface area contributed by atoms with E-state index in [-0.39, 0.29) is 18.3 Å². The molecule has 0 heterocycles. The molecule has 17 heavy (non-hydrogen) atoms. The largest absolute Gasteiger partial charge is 0.394 e. The van der Waals surface area contributed by atoms with Crippen LogP contribution in [0, 0.1) is 0 Å². The van der Waals surface area contributed by atoms with Crippen molar-refractivity contribution in [2.24, 2.45) is 5.73 Å². The third-order valence-corrected chi connectivity index (χ3v) is 5.81. The molecule has 1 aromatic rings. The summed E-state index contributed by atoms with van der Waals surface area (Å²) < 4.78 is 23.9. The van der Waals surface area contributed by atoms with E-state index < -0.39 is 20.6 Å². The molecule has 0 saturated heterocycles. The Bertz CT molecular complexity index is 500. The fourth-order valence-corrected chi connectivity index (χ4v) is 4.47. The van der Waals surface area contributed by atoms with Gasteiger partial charge in [-0.3, -0.25) is 0 Å². The lowest BCUT2D eigenvalue weighted by molar-refractivity contribution is 0.253. The number of rotatable bonds is 4. The van der Waals surface area contributed by atoms with Crippen LogP contribution >= 0.6 is 0 Å². The Morgan fingerprint density at radius 1 is 1.35 bits per heavy atom. The van der Waals surface area contributed by atoms with Crippen LogP contribution < -0.4 is 5.73 Å². The van der Waals surface area contributed by atoms with Crippen LogP contribution in [-0.2, 0) is 9.84 Å². The van der Waals surface area contributed by atoms with E-state index in [1.54, 1.807) is 6.92 Å². The number of nitrogens with two attached hydrogens (primary N) is 1. The topological polar surface area (TPSA) is 80.4 Å². The summed E-state index contributed by atoms with van der Waals surface area (Å²) in [6.45, 7) is 1.30. The van der Waals surface area contributed by atoms with Crippen LogP contribution in [-0.4, -0.2) is 36.7 Å². The zero-order chi connectivity index (χ0) is 12.7. The van der Waals surface area contributed by atoms with E-state index in [0.717, 1.165) is 5.56 Å². The van der Waals surface area contributed by atoms with Gasteiger partial charge in [-0.15, -0.1) is 0 Å². The second kappa shape index (κ2) is 4.08. The van der Waals surface area contributed by atoms with Crippen LogP contribution in [0.25, 0.3) is 0 Å². The Kier molecular flexibility index (Phi) is 3.01. The zero-order valence-electron chi connectivity index (χ0n) is 9.70. The average molecular weight is 255 g/mol. The summed E-state index contributed by atoms with van der Waals surface area (Å²) in [5.41, 5.74) is 5.86. The van der Waals surface area contributed by atoms with Crippen molar-refractivity contribution < 1.29 is 13.5 Å². The van der Waals surface area contributed by atoms with E-state index >= 15 is 0 Å². The van der Waals surface area contributed by atoms with E-state index in [4.69, 9.17) is 5.73 Å². The third-order valence-electron chi connectivity index (χ3n) is 3.52. The van der Waals surface area contributed by atoms with Crippen molar-refractivity contribution in [2.45, 2.75) is 23.6 Å². The molecule has 1 saturated carbocycles. The van der Waals surface area contributed by atoms with Gasteiger partial charge < -0.3 is 10.8 Å². The lowest BCUT2D eigenvalue weighted by Gasteiger charge is -2.06. The van der Waals surface area contributed by atoms with Gasteiger partial charge >= 0.3 is 0 Å². The smallest absolute Gasteiger partial charge is 0.155 e. The first-order valence-corrected chi connectivity index (χ1v) is 7.35. The van der Waals surface area contributed by atoms with Gasteiger partial charge in [-0.2, -0.15) is 0 Å². The normalized spacial score (nSPS) is 32.4. The summed E-state index contributed by atoms with van der Waals surface area (Å²) in [6.07, 6.45) is 0. The van der Waals surface area contributed by atoms with Gasteiger partial charge in [0.25, 0.3) is 0 Å². The lowest BCUT2D eigenvalue weighted by atomic mass is 10.1. The molecule has 3 N–H and O–H groups in total. The van der Waals surface area contributed by atoms with Crippen LogP contribution in [0.15, 0.2) is 30.3 Å². The van der Waals surface area contributed by atoms with Gasteiger partial charge in [-0.05, 0) is 5.56 Å². The molecule has 3 atom stereocenters. The Hall–Kier alpha value is -0.910. The second-order valence-electron chi connectivity index (χ2n) is 4.53. The molecular formula is C12H17NO3S. The SMILES string of the molecule is CCS(=O)(=O)[C@@H]1[C@H](c2ccccc2)[C@@]1(N)CO. The molecular weight excluding hydrogens is 238 g/mol. The fourth-order valence-electron chi connectivity index (χ4n) is 2.48. The number of benzene rings is 1. The van der Waals surface area contributed by atoms with Crippen molar-refractivity contribution in [3.63, 3.8) is 0 Å². The molecule has 0 radical (unpaired) electrons.